The highest BCUT2D eigenvalue weighted by molar-refractivity contribution is 7.13. The zero-order chi connectivity index (χ0) is 33.4. The van der Waals surface area contributed by atoms with Crippen molar-refractivity contribution in [1.82, 2.24) is 25.8 Å². The maximum absolute atomic E-state index is 13.8. The molecule has 1 fully saturated rings. The molecule has 6 N–H and O–H groups in total. The number of aromatic nitrogens is 1. The minimum atomic E-state index is -0.975. The number of carbonyl (C=O) groups excluding carboxylic acids is 4. The van der Waals surface area contributed by atoms with E-state index in [0.29, 0.717) is 11.3 Å². The van der Waals surface area contributed by atoms with Crippen LogP contribution in [-0.4, -0.2) is 83.1 Å². The standard InChI is InChI=1S/C33H42N6O6S/c1-20-28(46-19-37-20)22-7-5-21(6-8-22)16-36-31(43)26-15-25(40)17-39(26)32(44)29(33(2,3)4)38-27(41)18-45-14-13-35-30(42)23-9-11-24(34)12-10-23/h5-12,19,25-26,29,40H,13-18,34H2,1-4H3,(H,35,42)(H,36,43)(H,38,41)/t25-,26+,29-/m1/s1. The van der Waals surface area contributed by atoms with Crippen molar-refractivity contribution in [2.75, 3.05) is 32.0 Å². The van der Waals surface area contributed by atoms with E-state index < -0.39 is 35.4 Å². The number of hydrogen-bond donors (Lipinski definition) is 5. The fourth-order valence-corrected chi connectivity index (χ4v) is 5.93. The number of aliphatic hydroxyl groups is 1. The Hall–Kier alpha value is -4.33. The number of aliphatic hydroxyl groups excluding tert-OH is 1. The predicted octanol–water partition coefficient (Wildman–Crippen LogP) is 2.26. The minimum absolute atomic E-state index is 0.0214. The molecule has 1 aliphatic rings. The van der Waals surface area contributed by atoms with Gasteiger partial charge in [0, 0.05) is 37.3 Å². The second-order valence-electron chi connectivity index (χ2n) is 12.4. The lowest BCUT2D eigenvalue weighted by atomic mass is 9.85. The monoisotopic (exact) mass is 650 g/mol. The van der Waals surface area contributed by atoms with E-state index in [2.05, 4.69) is 20.9 Å². The highest BCUT2D eigenvalue weighted by Crippen LogP contribution is 2.28. The van der Waals surface area contributed by atoms with Gasteiger partial charge in [0.05, 0.1) is 28.8 Å². The van der Waals surface area contributed by atoms with Gasteiger partial charge < -0.3 is 36.4 Å². The van der Waals surface area contributed by atoms with Crippen molar-refractivity contribution in [1.29, 1.82) is 0 Å². The van der Waals surface area contributed by atoms with E-state index in [1.807, 2.05) is 52.0 Å². The van der Waals surface area contributed by atoms with Crippen LogP contribution in [0.1, 0.15) is 48.8 Å². The molecule has 0 radical (unpaired) electrons. The molecule has 0 saturated carbocycles. The van der Waals surface area contributed by atoms with E-state index in [9.17, 15) is 24.3 Å². The lowest BCUT2D eigenvalue weighted by molar-refractivity contribution is -0.144. The normalized spacial score (nSPS) is 16.9. The predicted molar refractivity (Wildman–Crippen MR) is 176 cm³/mol. The van der Waals surface area contributed by atoms with Crippen molar-refractivity contribution in [2.45, 2.75) is 58.8 Å². The number of amides is 4. The summed E-state index contributed by atoms with van der Waals surface area (Å²) in [5.74, 6) is -1.65. The van der Waals surface area contributed by atoms with Crippen molar-refractivity contribution in [3.05, 3.63) is 70.9 Å². The molecular formula is C33H42N6O6S. The summed E-state index contributed by atoms with van der Waals surface area (Å²) in [5, 5.41) is 18.8. The Kier molecular flexibility index (Phi) is 11.5. The molecule has 2 aromatic carbocycles. The topological polar surface area (TPSA) is 176 Å². The summed E-state index contributed by atoms with van der Waals surface area (Å²) in [6.45, 7) is 7.55. The van der Waals surface area contributed by atoms with Crippen LogP contribution in [-0.2, 0) is 25.7 Å². The molecule has 12 nitrogen and oxygen atoms in total. The van der Waals surface area contributed by atoms with E-state index >= 15 is 0 Å². The molecule has 13 heteroatoms. The van der Waals surface area contributed by atoms with Crippen molar-refractivity contribution >= 4 is 40.7 Å². The van der Waals surface area contributed by atoms with Crippen LogP contribution >= 0.6 is 11.3 Å². The first-order valence-corrected chi connectivity index (χ1v) is 16.0. The van der Waals surface area contributed by atoms with Gasteiger partial charge in [-0.25, -0.2) is 4.98 Å². The lowest BCUT2D eigenvalue weighted by Crippen LogP contribution is -2.58. The number of aryl methyl sites for hydroxylation is 1. The highest BCUT2D eigenvalue weighted by atomic mass is 32.1. The number of anilines is 1. The quantitative estimate of drug-likeness (QED) is 0.147. The van der Waals surface area contributed by atoms with Crippen molar-refractivity contribution in [2.24, 2.45) is 5.41 Å². The van der Waals surface area contributed by atoms with E-state index in [4.69, 9.17) is 10.5 Å². The fourth-order valence-electron chi connectivity index (χ4n) is 5.12. The van der Waals surface area contributed by atoms with Crippen LogP contribution in [0.2, 0.25) is 0 Å². The fraction of sp³-hybridized carbons (Fsp3) is 0.424. The molecule has 3 atom stereocenters. The smallest absolute Gasteiger partial charge is 0.251 e. The number of benzene rings is 2. The first kappa shape index (κ1) is 34.5. The van der Waals surface area contributed by atoms with Gasteiger partial charge in [0.25, 0.3) is 5.91 Å². The van der Waals surface area contributed by atoms with Gasteiger partial charge in [-0.3, -0.25) is 19.2 Å². The van der Waals surface area contributed by atoms with Gasteiger partial charge in [-0.1, -0.05) is 45.0 Å². The Bertz CT molecular complexity index is 1520. The molecule has 0 bridgehead atoms. The van der Waals surface area contributed by atoms with Crippen LogP contribution < -0.4 is 21.7 Å². The number of nitrogens with two attached hydrogens (primary N) is 1. The van der Waals surface area contributed by atoms with Crippen molar-refractivity contribution in [3.8, 4) is 10.4 Å². The number of likely N-dealkylation sites (tertiary alicyclic amines) is 1. The van der Waals surface area contributed by atoms with Gasteiger partial charge in [0.1, 0.15) is 18.7 Å². The van der Waals surface area contributed by atoms with Gasteiger partial charge in [0.15, 0.2) is 0 Å². The molecule has 0 spiro atoms. The number of nitrogens with one attached hydrogen (secondary N) is 3. The molecule has 0 aliphatic carbocycles. The van der Waals surface area contributed by atoms with Crippen LogP contribution in [0.4, 0.5) is 5.69 Å². The Labute approximate surface area is 272 Å². The molecule has 1 aromatic heterocycles. The Balaban J connectivity index is 1.28. The first-order chi connectivity index (χ1) is 21.8. The molecule has 1 saturated heterocycles. The number of thiazole rings is 1. The number of nitrogen functional groups attached to an aromatic ring is 1. The lowest BCUT2D eigenvalue weighted by Gasteiger charge is -2.35. The zero-order valence-corrected chi connectivity index (χ0v) is 27.4. The summed E-state index contributed by atoms with van der Waals surface area (Å²) in [7, 11) is 0. The summed E-state index contributed by atoms with van der Waals surface area (Å²) >= 11 is 1.57. The van der Waals surface area contributed by atoms with E-state index in [-0.39, 0.29) is 51.1 Å². The summed E-state index contributed by atoms with van der Waals surface area (Å²) in [6.07, 6.45) is -0.776. The largest absolute Gasteiger partial charge is 0.399 e. The second kappa shape index (κ2) is 15.3. The number of β-amino-alcohol motifs (C(OH)–C–C–N with tert-alkyl or cyclic N) is 1. The molecule has 46 heavy (non-hydrogen) atoms. The number of rotatable bonds is 12. The summed E-state index contributed by atoms with van der Waals surface area (Å²) in [5.41, 5.74) is 10.7. The molecule has 4 rings (SSSR count). The number of nitrogens with zero attached hydrogens (tertiary/aromatic N) is 2. The Morgan fingerprint density at radius 2 is 1.78 bits per heavy atom. The minimum Gasteiger partial charge on any atom is -0.399 e. The van der Waals surface area contributed by atoms with Crippen LogP contribution in [0.25, 0.3) is 10.4 Å². The number of ether oxygens (including phenoxy) is 1. The molecule has 4 amide bonds. The van der Waals surface area contributed by atoms with Crippen molar-refractivity contribution in [3.63, 3.8) is 0 Å². The molecule has 3 aromatic rings. The first-order valence-electron chi connectivity index (χ1n) is 15.1. The van der Waals surface area contributed by atoms with Crippen LogP contribution in [0, 0.1) is 12.3 Å². The van der Waals surface area contributed by atoms with E-state index in [1.54, 1.807) is 41.1 Å². The summed E-state index contributed by atoms with van der Waals surface area (Å²) < 4.78 is 5.43. The molecule has 2 heterocycles. The average Bonchev–Trinajstić information content (AvgIpc) is 3.63. The number of hydrogen-bond acceptors (Lipinski definition) is 9. The van der Waals surface area contributed by atoms with Crippen LogP contribution in [0.3, 0.4) is 0 Å². The van der Waals surface area contributed by atoms with Gasteiger partial charge in [0.2, 0.25) is 17.7 Å². The van der Waals surface area contributed by atoms with Gasteiger partial charge in [-0.15, -0.1) is 11.3 Å². The van der Waals surface area contributed by atoms with E-state index in [0.717, 1.165) is 21.7 Å². The third kappa shape index (κ3) is 9.12. The van der Waals surface area contributed by atoms with Crippen LogP contribution in [0.5, 0.6) is 0 Å². The third-order valence-corrected chi connectivity index (χ3v) is 8.63. The molecule has 1 aliphatic heterocycles. The summed E-state index contributed by atoms with van der Waals surface area (Å²) in [4.78, 5) is 58.8. The molecular weight excluding hydrogens is 608 g/mol. The average molecular weight is 651 g/mol. The van der Waals surface area contributed by atoms with Crippen LogP contribution in [0.15, 0.2) is 54.0 Å². The third-order valence-electron chi connectivity index (χ3n) is 7.65. The summed E-state index contributed by atoms with van der Waals surface area (Å²) in [6, 6.07) is 12.5. The van der Waals surface area contributed by atoms with E-state index in [1.165, 1.54) is 4.90 Å². The Morgan fingerprint density at radius 1 is 1.09 bits per heavy atom. The maximum atomic E-state index is 13.8. The molecule has 0 unspecified atom stereocenters. The Morgan fingerprint density at radius 3 is 2.41 bits per heavy atom. The van der Waals surface area contributed by atoms with Gasteiger partial charge >= 0.3 is 0 Å². The zero-order valence-electron chi connectivity index (χ0n) is 26.5. The molecule has 246 valence electrons. The SMILES string of the molecule is Cc1ncsc1-c1ccc(CNC(=O)[C@@H]2C[C@@H](O)CN2C(=O)[C@@H](NC(=O)COCCNC(=O)c2ccc(N)cc2)C(C)(C)C)cc1. The van der Waals surface area contributed by atoms with Gasteiger partial charge in [-0.2, -0.15) is 0 Å². The van der Waals surface area contributed by atoms with Gasteiger partial charge in [-0.05, 0) is 47.7 Å². The number of carbonyl (C=O) groups is 4. The van der Waals surface area contributed by atoms with Crippen molar-refractivity contribution < 1.29 is 29.0 Å². The second-order valence-corrected chi connectivity index (χ2v) is 13.2. The highest BCUT2D eigenvalue weighted by Gasteiger charge is 2.44. The maximum Gasteiger partial charge on any atom is 0.251 e.